The van der Waals surface area contributed by atoms with Gasteiger partial charge in [-0.15, -0.1) is 0 Å². The first-order chi connectivity index (χ1) is 7.50. The molecule has 1 unspecified atom stereocenters. The largest absolute Gasteiger partial charge is 0.326 e. The topological polar surface area (TPSA) is 49.3 Å². The molecule has 0 spiro atoms. The van der Waals surface area contributed by atoms with E-state index in [4.69, 9.17) is 0 Å². The number of hydrogen-bond donors (Lipinski definition) is 0. The summed E-state index contributed by atoms with van der Waals surface area (Å²) in [6.07, 6.45) is 0. The van der Waals surface area contributed by atoms with Crippen LogP contribution in [0.25, 0.3) is 0 Å². The minimum Gasteiger partial charge on any atom is -0.325 e. The highest BCUT2D eigenvalue weighted by atomic mass is 32.1. The number of rotatable bonds is 2. The molecule has 2 amide bonds. The van der Waals surface area contributed by atoms with Crippen molar-refractivity contribution in [2.45, 2.75) is 32.7 Å². The number of amides is 2. The summed E-state index contributed by atoms with van der Waals surface area (Å²) in [6.45, 7) is 6.87. The van der Waals surface area contributed by atoms with Crippen LogP contribution in [0.1, 0.15) is 32.5 Å². The Morgan fingerprint density at radius 3 is 2.62 bits per heavy atom. The Balaban J connectivity index is 2.26. The van der Waals surface area contributed by atoms with Crippen LogP contribution in [0.3, 0.4) is 0 Å². The van der Waals surface area contributed by atoms with E-state index in [9.17, 15) is 4.79 Å². The number of urea groups is 1. The molecule has 0 aromatic carbocycles. The summed E-state index contributed by atoms with van der Waals surface area (Å²) in [7, 11) is 1.81. The Morgan fingerprint density at radius 1 is 1.50 bits per heavy atom. The molecule has 1 aliphatic rings. The monoisotopic (exact) mass is 240 g/mol. The molecule has 1 saturated heterocycles. The zero-order valence-corrected chi connectivity index (χ0v) is 10.8. The number of nitrogens with zero attached hydrogens (tertiary/aromatic N) is 4. The third-order valence-corrected chi connectivity index (χ3v) is 3.39. The van der Waals surface area contributed by atoms with Crippen molar-refractivity contribution in [2.75, 3.05) is 18.5 Å². The van der Waals surface area contributed by atoms with Crippen molar-refractivity contribution in [1.29, 1.82) is 0 Å². The number of likely N-dealkylation sites (N-methyl/N-ethyl adjacent to an activating group) is 1. The molecular weight excluding hydrogens is 224 g/mol. The van der Waals surface area contributed by atoms with Gasteiger partial charge >= 0.3 is 6.03 Å². The normalized spacial score (nSPS) is 21.3. The molecule has 1 atom stereocenters. The van der Waals surface area contributed by atoms with Crippen molar-refractivity contribution >= 4 is 22.7 Å². The van der Waals surface area contributed by atoms with Gasteiger partial charge < -0.3 is 4.90 Å². The first kappa shape index (κ1) is 11.3. The molecule has 1 aromatic heterocycles. The Kier molecular flexibility index (Phi) is 2.84. The third kappa shape index (κ3) is 1.77. The van der Waals surface area contributed by atoms with Gasteiger partial charge in [0.2, 0.25) is 5.13 Å². The lowest BCUT2D eigenvalue weighted by Crippen LogP contribution is -2.32. The third-order valence-electron chi connectivity index (χ3n) is 2.66. The van der Waals surface area contributed by atoms with Crippen molar-refractivity contribution in [3.05, 3.63) is 5.82 Å². The lowest BCUT2D eigenvalue weighted by atomic mass is 10.2. The van der Waals surface area contributed by atoms with E-state index in [0.29, 0.717) is 11.0 Å². The summed E-state index contributed by atoms with van der Waals surface area (Å²) in [5.41, 5.74) is 0. The summed E-state index contributed by atoms with van der Waals surface area (Å²) < 4.78 is 4.27. The van der Waals surface area contributed by atoms with E-state index in [1.54, 1.807) is 9.80 Å². The Hall–Kier alpha value is -1.17. The standard InChI is InChI=1S/C10H16N4OS/c1-6(2)8-11-9(16-12-8)14-7(3)5-13(4)10(14)15/h6-7H,5H2,1-4H3. The maximum Gasteiger partial charge on any atom is 0.326 e. The summed E-state index contributed by atoms with van der Waals surface area (Å²) >= 11 is 1.30. The average Bonchev–Trinajstić information content (AvgIpc) is 2.74. The van der Waals surface area contributed by atoms with Gasteiger partial charge in [-0.05, 0) is 6.92 Å². The van der Waals surface area contributed by atoms with Gasteiger partial charge in [0.15, 0.2) is 0 Å². The Morgan fingerprint density at radius 2 is 2.19 bits per heavy atom. The molecule has 1 fully saturated rings. The molecule has 0 saturated carbocycles. The van der Waals surface area contributed by atoms with Crippen LogP contribution < -0.4 is 4.90 Å². The highest BCUT2D eigenvalue weighted by Crippen LogP contribution is 2.27. The quantitative estimate of drug-likeness (QED) is 0.793. The number of carbonyl (C=O) groups is 1. The molecule has 0 bridgehead atoms. The van der Waals surface area contributed by atoms with Gasteiger partial charge in [-0.25, -0.2) is 9.78 Å². The number of aromatic nitrogens is 2. The van der Waals surface area contributed by atoms with E-state index >= 15 is 0 Å². The molecule has 0 N–H and O–H groups in total. The second-order valence-corrected chi connectivity index (χ2v) is 5.20. The zero-order valence-electron chi connectivity index (χ0n) is 9.97. The van der Waals surface area contributed by atoms with Gasteiger partial charge in [-0.1, -0.05) is 13.8 Å². The van der Waals surface area contributed by atoms with Gasteiger partial charge in [0.1, 0.15) is 5.82 Å². The van der Waals surface area contributed by atoms with Crippen molar-refractivity contribution < 1.29 is 4.79 Å². The van der Waals surface area contributed by atoms with Crippen LogP contribution in [0.2, 0.25) is 0 Å². The van der Waals surface area contributed by atoms with Crippen LogP contribution in [0.15, 0.2) is 0 Å². The van der Waals surface area contributed by atoms with E-state index < -0.39 is 0 Å². The lowest BCUT2D eigenvalue weighted by molar-refractivity contribution is 0.229. The first-order valence-corrected chi connectivity index (χ1v) is 6.16. The van der Waals surface area contributed by atoms with Gasteiger partial charge in [-0.2, -0.15) is 4.37 Å². The van der Waals surface area contributed by atoms with E-state index in [0.717, 1.165) is 12.4 Å². The highest BCUT2D eigenvalue weighted by molar-refractivity contribution is 7.10. The second-order valence-electron chi connectivity index (χ2n) is 4.47. The molecule has 6 heteroatoms. The summed E-state index contributed by atoms with van der Waals surface area (Å²) in [5.74, 6) is 1.12. The van der Waals surface area contributed by atoms with Crippen LogP contribution in [0.4, 0.5) is 9.93 Å². The van der Waals surface area contributed by atoms with Crippen molar-refractivity contribution in [2.24, 2.45) is 0 Å². The van der Waals surface area contributed by atoms with Gasteiger partial charge in [-0.3, -0.25) is 4.90 Å². The summed E-state index contributed by atoms with van der Waals surface area (Å²) in [5, 5.41) is 0.713. The molecular formula is C10H16N4OS. The molecule has 1 aromatic rings. The van der Waals surface area contributed by atoms with Crippen molar-refractivity contribution in [3.63, 3.8) is 0 Å². The molecule has 1 aliphatic heterocycles. The predicted octanol–water partition coefficient (Wildman–Crippen LogP) is 1.92. The highest BCUT2D eigenvalue weighted by Gasteiger charge is 2.35. The summed E-state index contributed by atoms with van der Waals surface area (Å²) in [6, 6.07) is 0.185. The summed E-state index contributed by atoms with van der Waals surface area (Å²) in [4.78, 5) is 19.7. The number of carbonyl (C=O) groups excluding carboxylic acids is 1. The van der Waals surface area contributed by atoms with Crippen LogP contribution in [0.5, 0.6) is 0 Å². The maximum absolute atomic E-state index is 11.9. The molecule has 0 radical (unpaired) electrons. The zero-order chi connectivity index (χ0) is 11.9. The molecule has 16 heavy (non-hydrogen) atoms. The van der Waals surface area contributed by atoms with Crippen LogP contribution in [-0.2, 0) is 0 Å². The fourth-order valence-electron chi connectivity index (χ4n) is 1.76. The van der Waals surface area contributed by atoms with E-state index in [2.05, 4.69) is 9.36 Å². The first-order valence-electron chi connectivity index (χ1n) is 5.38. The molecule has 88 valence electrons. The molecule has 2 heterocycles. The van der Waals surface area contributed by atoms with Gasteiger partial charge in [0, 0.05) is 31.0 Å². The smallest absolute Gasteiger partial charge is 0.325 e. The number of hydrogen-bond acceptors (Lipinski definition) is 4. The van der Waals surface area contributed by atoms with E-state index in [-0.39, 0.29) is 12.1 Å². The maximum atomic E-state index is 11.9. The van der Waals surface area contributed by atoms with Gasteiger partial charge in [0.05, 0.1) is 6.04 Å². The molecule has 0 aliphatic carbocycles. The lowest BCUT2D eigenvalue weighted by Gasteiger charge is -2.15. The second kappa shape index (κ2) is 4.01. The minimum absolute atomic E-state index is 0.0129. The number of anilines is 1. The van der Waals surface area contributed by atoms with Crippen LogP contribution >= 0.6 is 11.5 Å². The van der Waals surface area contributed by atoms with E-state index in [1.165, 1.54) is 11.5 Å². The Bertz CT molecular complexity index is 403. The van der Waals surface area contributed by atoms with Crippen molar-refractivity contribution in [1.82, 2.24) is 14.3 Å². The fourth-order valence-corrected chi connectivity index (χ4v) is 2.66. The van der Waals surface area contributed by atoms with Gasteiger partial charge in [0.25, 0.3) is 0 Å². The fraction of sp³-hybridized carbons (Fsp3) is 0.700. The molecule has 5 nitrogen and oxygen atoms in total. The SMILES string of the molecule is CC(C)c1nsc(N2C(=O)N(C)CC2C)n1. The minimum atomic E-state index is 0.0129. The predicted molar refractivity (Wildman–Crippen MR) is 64.0 cm³/mol. The average molecular weight is 240 g/mol. The van der Waals surface area contributed by atoms with Crippen LogP contribution in [0, 0.1) is 0 Å². The van der Waals surface area contributed by atoms with Crippen molar-refractivity contribution in [3.8, 4) is 0 Å². The molecule has 2 rings (SSSR count). The van der Waals surface area contributed by atoms with Crippen LogP contribution in [-0.4, -0.2) is 39.9 Å². The van der Waals surface area contributed by atoms with E-state index in [1.807, 2.05) is 27.8 Å². The Labute approximate surface area is 99.2 Å².